The maximum atomic E-state index is 5.48. The van der Waals surface area contributed by atoms with Crippen LogP contribution < -0.4 is 5.32 Å². The molecule has 268 valence electrons. The van der Waals surface area contributed by atoms with Crippen molar-refractivity contribution >= 4 is 61.1 Å². The highest BCUT2D eigenvalue weighted by Crippen LogP contribution is 2.38. The van der Waals surface area contributed by atoms with Gasteiger partial charge in [0.1, 0.15) is 0 Å². The minimum Gasteiger partial charge on any atom is -0.380 e. The number of hydrogen-bond donors (Lipinski definition) is 1. The van der Waals surface area contributed by atoms with Crippen molar-refractivity contribution in [2.24, 2.45) is 15.9 Å². The molecule has 0 aromatic heterocycles. The lowest BCUT2D eigenvalue weighted by Crippen LogP contribution is -2.28. The highest BCUT2D eigenvalue weighted by Gasteiger charge is 2.29. The van der Waals surface area contributed by atoms with Crippen LogP contribution in [0, 0.1) is 5.92 Å². The first-order valence-corrected chi connectivity index (χ1v) is 20.0. The van der Waals surface area contributed by atoms with Crippen molar-refractivity contribution in [3.05, 3.63) is 209 Å². The fourth-order valence-corrected chi connectivity index (χ4v) is 9.36. The summed E-state index contributed by atoms with van der Waals surface area (Å²) in [6, 6.07) is 40.4. The van der Waals surface area contributed by atoms with Crippen molar-refractivity contribution in [1.29, 1.82) is 0 Å². The smallest absolute Gasteiger partial charge is 0.155 e. The van der Waals surface area contributed by atoms with E-state index in [0.717, 1.165) is 42.8 Å². The van der Waals surface area contributed by atoms with E-state index in [-0.39, 0.29) is 18.0 Å². The van der Waals surface area contributed by atoms with Crippen molar-refractivity contribution in [3.8, 4) is 0 Å². The van der Waals surface area contributed by atoms with Gasteiger partial charge in [0, 0.05) is 29.7 Å². The van der Waals surface area contributed by atoms with Gasteiger partial charge in [-0.25, -0.2) is 4.99 Å². The van der Waals surface area contributed by atoms with E-state index in [2.05, 4.69) is 181 Å². The summed E-state index contributed by atoms with van der Waals surface area (Å²) in [5, 5.41) is 11.4. The molecule has 3 nitrogen and oxygen atoms in total. The molecule has 0 radical (unpaired) electrons. The van der Waals surface area contributed by atoms with Crippen LogP contribution in [0.3, 0.4) is 0 Å². The molecule has 56 heavy (non-hydrogen) atoms. The maximum absolute atomic E-state index is 5.48. The molecule has 2 heterocycles. The maximum Gasteiger partial charge on any atom is 0.155 e. The number of nitrogens with one attached hydrogen (secondary N) is 1. The molecule has 3 unspecified atom stereocenters. The van der Waals surface area contributed by atoms with Crippen molar-refractivity contribution < 1.29 is 0 Å². The summed E-state index contributed by atoms with van der Waals surface area (Å²) < 4.78 is 0. The van der Waals surface area contributed by atoms with Crippen molar-refractivity contribution in [2.45, 2.75) is 37.8 Å². The number of dihydropyridines is 1. The third-order valence-corrected chi connectivity index (χ3v) is 12.3. The summed E-state index contributed by atoms with van der Waals surface area (Å²) in [5.41, 5.74) is 12.4. The van der Waals surface area contributed by atoms with Gasteiger partial charge in [-0.15, -0.1) is 0 Å². The quantitative estimate of drug-likeness (QED) is 0.177. The first-order chi connectivity index (χ1) is 27.7. The molecular weight excluding hydrogens is 679 g/mol. The molecule has 0 bridgehead atoms. The Kier molecular flexibility index (Phi) is 7.98. The predicted octanol–water partition coefficient (Wildman–Crippen LogP) is 12.1. The van der Waals surface area contributed by atoms with Crippen LogP contribution in [-0.2, 0) is 6.42 Å². The Bertz CT molecular complexity index is 2890. The van der Waals surface area contributed by atoms with Crippen LogP contribution in [0.25, 0.3) is 49.5 Å². The summed E-state index contributed by atoms with van der Waals surface area (Å²) in [4.78, 5) is 10.9. The second-order valence-electron chi connectivity index (χ2n) is 15.6. The van der Waals surface area contributed by atoms with Gasteiger partial charge < -0.3 is 5.32 Å². The lowest BCUT2D eigenvalue weighted by Gasteiger charge is -2.29. The zero-order chi connectivity index (χ0) is 37.0. The topological polar surface area (TPSA) is 36.8 Å². The molecular formula is C53H41N3. The molecule has 0 saturated carbocycles. The second kappa shape index (κ2) is 13.6. The van der Waals surface area contributed by atoms with Crippen LogP contribution in [0.4, 0.5) is 0 Å². The van der Waals surface area contributed by atoms with Gasteiger partial charge in [0.25, 0.3) is 0 Å². The number of aryl methyl sites for hydroxylation is 1. The average molecular weight is 720 g/mol. The monoisotopic (exact) mass is 719 g/mol. The van der Waals surface area contributed by atoms with Gasteiger partial charge in [-0.1, -0.05) is 152 Å². The van der Waals surface area contributed by atoms with Crippen molar-refractivity contribution in [2.75, 3.05) is 0 Å². The van der Waals surface area contributed by atoms with Gasteiger partial charge in [0.05, 0.1) is 17.8 Å². The largest absolute Gasteiger partial charge is 0.380 e. The summed E-state index contributed by atoms with van der Waals surface area (Å²) in [5.74, 6) is 1.07. The molecule has 11 rings (SSSR count). The SMILES string of the molecule is C1=CC2=CC(c3ccc(C4=NC(C5C=CC(c6cc7ccccc7c7ccccc67)=CC5)CC(c5cc6c(c7ccccc57)CCC=C6)=N4)cc3)=CNC2C=C1. The summed E-state index contributed by atoms with van der Waals surface area (Å²) in [6.07, 6.45) is 28.7. The fraction of sp³-hybridized carbons (Fsp3) is 0.132. The molecule has 6 aromatic rings. The zero-order valence-electron chi connectivity index (χ0n) is 31.2. The highest BCUT2D eigenvalue weighted by molar-refractivity contribution is 6.19. The Morgan fingerprint density at radius 2 is 1.41 bits per heavy atom. The Morgan fingerprint density at radius 3 is 2.25 bits per heavy atom. The molecule has 3 heteroatoms. The molecule has 0 saturated heterocycles. The Labute approximate surface area is 327 Å². The van der Waals surface area contributed by atoms with E-state index < -0.39 is 0 Å². The van der Waals surface area contributed by atoms with Crippen LogP contribution in [-0.4, -0.2) is 23.6 Å². The second-order valence-corrected chi connectivity index (χ2v) is 15.6. The van der Waals surface area contributed by atoms with E-state index in [1.165, 1.54) is 76.9 Å². The van der Waals surface area contributed by atoms with E-state index >= 15 is 0 Å². The summed E-state index contributed by atoms with van der Waals surface area (Å²) in [6.45, 7) is 0. The summed E-state index contributed by atoms with van der Waals surface area (Å²) in [7, 11) is 0. The standard InChI is InChI=1S/C53H41N3/c1-4-14-42-38(11-1)30-48(46-18-8-6-16-44(42)46)35-23-25-36(26-24-35)51-32-52(49-31-39-12-2-5-15-43(39)45-17-7-9-19-47(45)49)56-53(55-51)37-27-21-34(22-28-37)41-29-40-13-3-10-20-50(40)54-33-41/h1-4,6-14,16-25,27-31,33,36,50-51,54H,5,15,26,32H2. The Hall–Kier alpha value is -6.58. The minimum absolute atomic E-state index is 0.0583. The predicted molar refractivity (Wildman–Crippen MR) is 237 cm³/mol. The van der Waals surface area contributed by atoms with Crippen LogP contribution in [0.5, 0.6) is 0 Å². The molecule has 2 aliphatic heterocycles. The molecule has 5 aliphatic rings. The van der Waals surface area contributed by atoms with Gasteiger partial charge in [-0.2, -0.15) is 0 Å². The highest BCUT2D eigenvalue weighted by atomic mass is 15.0. The van der Waals surface area contributed by atoms with E-state index in [9.17, 15) is 0 Å². The van der Waals surface area contributed by atoms with Crippen molar-refractivity contribution in [1.82, 2.24) is 5.32 Å². The Morgan fingerprint density at radius 1 is 0.643 bits per heavy atom. The average Bonchev–Trinajstić information content (AvgIpc) is 3.28. The van der Waals surface area contributed by atoms with Crippen LogP contribution in [0.1, 0.15) is 52.6 Å². The number of amidine groups is 1. The molecule has 3 atom stereocenters. The van der Waals surface area contributed by atoms with Gasteiger partial charge in [-0.05, 0) is 109 Å². The van der Waals surface area contributed by atoms with Crippen LogP contribution in [0.2, 0.25) is 0 Å². The van der Waals surface area contributed by atoms with E-state index in [0.29, 0.717) is 0 Å². The number of aliphatic imine (C=N–C) groups is 2. The first-order valence-electron chi connectivity index (χ1n) is 20.0. The lowest BCUT2D eigenvalue weighted by atomic mass is 9.82. The van der Waals surface area contributed by atoms with Crippen LogP contribution in [0.15, 0.2) is 186 Å². The van der Waals surface area contributed by atoms with E-state index in [4.69, 9.17) is 9.98 Å². The molecule has 1 N–H and O–H groups in total. The number of fused-ring (bicyclic) bond motifs is 7. The van der Waals surface area contributed by atoms with Crippen molar-refractivity contribution in [3.63, 3.8) is 0 Å². The van der Waals surface area contributed by atoms with Gasteiger partial charge in [0.2, 0.25) is 0 Å². The third-order valence-electron chi connectivity index (χ3n) is 12.3. The van der Waals surface area contributed by atoms with Gasteiger partial charge >= 0.3 is 0 Å². The fourth-order valence-electron chi connectivity index (χ4n) is 9.36. The van der Waals surface area contributed by atoms with Gasteiger partial charge in [-0.3, -0.25) is 4.99 Å². The van der Waals surface area contributed by atoms with Gasteiger partial charge in [0.15, 0.2) is 5.84 Å². The molecule has 3 aliphatic carbocycles. The minimum atomic E-state index is 0.0583. The molecule has 0 amide bonds. The van der Waals surface area contributed by atoms with E-state index in [1.807, 2.05) is 0 Å². The zero-order valence-corrected chi connectivity index (χ0v) is 31.2. The number of nitrogens with zero attached hydrogens (tertiary/aromatic N) is 2. The van der Waals surface area contributed by atoms with E-state index in [1.54, 1.807) is 0 Å². The number of rotatable bonds is 5. The van der Waals surface area contributed by atoms with Crippen LogP contribution >= 0.6 is 0 Å². The molecule has 0 spiro atoms. The normalized spacial score (nSPS) is 21.1. The number of benzene rings is 6. The lowest BCUT2D eigenvalue weighted by molar-refractivity contribution is 0.516. The number of hydrogen-bond acceptors (Lipinski definition) is 3. The first kappa shape index (κ1) is 32.8. The third kappa shape index (κ3) is 5.74. The number of allylic oxidation sites excluding steroid dienone is 8. The molecule has 6 aromatic carbocycles. The molecule has 0 fully saturated rings. The summed E-state index contributed by atoms with van der Waals surface area (Å²) >= 11 is 0. The Balaban J connectivity index is 0.966.